The third kappa shape index (κ3) is 3.66. The van der Waals surface area contributed by atoms with Crippen LogP contribution >= 0.6 is 11.3 Å². The van der Waals surface area contributed by atoms with Crippen molar-refractivity contribution in [2.24, 2.45) is 0 Å². The summed E-state index contributed by atoms with van der Waals surface area (Å²) < 4.78 is 23.7. The second-order valence-corrected chi connectivity index (χ2v) is 7.36. The number of carbonyl (C=O) groups excluding carboxylic acids is 2. The molecule has 0 unspecified atom stereocenters. The number of halogens is 1. The maximum Gasteiger partial charge on any atom is 0.350 e. The highest BCUT2D eigenvalue weighted by atomic mass is 32.1. The Hall–Kier alpha value is -3.06. The van der Waals surface area contributed by atoms with Crippen molar-refractivity contribution in [2.45, 2.75) is 13.3 Å². The number of hydrogen-bond donors (Lipinski definition) is 0. The molecule has 1 aromatic heterocycles. The van der Waals surface area contributed by atoms with Crippen LogP contribution in [0.25, 0.3) is 10.6 Å². The Morgan fingerprint density at radius 2 is 2.00 bits per heavy atom. The number of aromatic nitrogens is 1. The van der Waals surface area contributed by atoms with E-state index in [0.717, 1.165) is 29.1 Å². The van der Waals surface area contributed by atoms with E-state index in [-0.39, 0.29) is 18.2 Å². The molecule has 2 aromatic carbocycles. The van der Waals surface area contributed by atoms with Crippen molar-refractivity contribution in [3.8, 4) is 16.3 Å². The Labute approximate surface area is 164 Å². The number of benzene rings is 2. The zero-order valence-electron chi connectivity index (χ0n) is 15.0. The highest BCUT2D eigenvalue weighted by molar-refractivity contribution is 7.17. The van der Waals surface area contributed by atoms with E-state index in [1.165, 1.54) is 12.1 Å². The summed E-state index contributed by atoms with van der Waals surface area (Å²) >= 11 is 1.15. The molecular weight excluding hydrogens is 381 g/mol. The number of esters is 1. The quantitative estimate of drug-likeness (QED) is 0.476. The molecule has 28 heavy (non-hydrogen) atoms. The molecule has 0 saturated heterocycles. The summed E-state index contributed by atoms with van der Waals surface area (Å²) in [6.07, 6.45) is 0.766. The van der Waals surface area contributed by atoms with E-state index >= 15 is 0 Å². The highest BCUT2D eigenvalue weighted by Crippen LogP contribution is 2.29. The van der Waals surface area contributed by atoms with Crippen molar-refractivity contribution in [2.75, 3.05) is 13.2 Å². The van der Waals surface area contributed by atoms with Gasteiger partial charge in [-0.1, -0.05) is 0 Å². The van der Waals surface area contributed by atoms with E-state index in [0.29, 0.717) is 33.3 Å². The first-order chi connectivity index (χ1) is 13.5. The van der Waals surface area contributed by atoms with Crippen LogP contribution in [0.15, 0.2) is 42.5 Å². The number of hydrogen-bond acceptors (Lipinski definition) is 6. The molecule has 0 N–H and O–H groups in total. The van der Waals surface area contributed by atoms with Crippen LogP contribution in [0.4, 0.5) is 4.39 Å². The second kappa shape index (κ2) is 7.52. The lowest BCUT2D eigenvalue weighted by molar-refractivity contribution is 0.0478. The first-order valence-corrected chi connectivity index (χ1v) is 9.52. The van der Waals surface area contributed by atoms with Crippen LogP contribution in [0, 0.1) is 12.7 Å². The number of nitrogens with zero attached hydrogens (tertiary/aromatic N) is 1. The van der Waals surface area contributed by atoms with Gasteiger partial charge in [0, 0.05) is 17.5 Å². The molecular formula is C21H16FNO4S. The van der Waals surface area contributed by atoms with Crippen molar-refractivity contribution in [3.05, 3.63) is 70.0 Å². The third-order valence-corrected chi connectivity index (χ3v) is 5.61. The van der Waals surface area contributed by atoms with E-state index < -0.39 is 5.97 Å². The minimum atomic E-state index is -0.596. The maximum atomic E-state index is 13.1. The smallest absolute Gasteiger partial charge is 0.350 e. The van der Waals surface area contributed by atoms with Crippen molar-refractivity contribution in [1.82, 2.24) is 4.98 Å². The zero-order valence-corrected chi connectivity index (χ0v) is 15.8. The zero-order chi connectivity index (χ0) is 19.7. The van der Waals surface area contributed by atoms with Crippen LogP contribution in [0.3, 0.4) is 0 Å². The summed E-state index contributed by atoms with van der Waals surface area (Å²) in [6, 6.07) is 11.1. The molecule has 142 valence electrons. The predicted molar refractivity (Wildman–Crippen MR) is 102 cm³/mol. The first-order valence-electron chi connectivity index (χ1n) is 8.70. The molecule has 0 bridgehead atoms. The third-order valence-electron chi connectivity index (χ3n) is 4.42. The molecule has 4 rings (SSSR count). The number of carbonyl (C=O) groups is 2. The van der Waals surface area contributed by atoms with Crippen molar-refractivity contribution >= 4 is 23.1 Å². The van der Waals surface area contributed by atoms with Gasteiger partial charge in [-0.3, -0.25) is 4.79 Å². The summed E-state index contributed by atoms with van der Waals surface area (Å²) in [7, 11) is 0. The highest BCUT2D eigenvalue weighted by Gasteiger charge is 2.20. The van der Waals surface area contributed by atoms with Crippen LogP contribution in [0.1, 0.15) is 31.3 Å². The Kier molecular flexibility index (Phi) is 4.92. The Balaban J connectivity index is 1.44. The van der Waals surface area contributed by atoms with E-state index in [1.807, 2.05) is 0 Å². The number of aryl methyl sites for hydroxylation is 1. The van der Waals surface area contributed by atoms with Crippen molar-refractivity contribution in [3.63, 3.8) is 0 Å². The lowest BCUT2D eigenvalue weighted by Gasteiger charge is -2.05. The molecule has 0 spiro atoms. The van der Waals surface area contributed by atoms with Gasteiger partial charge in [0.25, 0.3) is 0 Å². The molecule has 0 radical (unpaired) electrons. The summed E-state index contributed by atoms with van der Waals surface area (Å²) in [4.78, 5) is 29.4. The van der Waals surface area contributed by atoms with E-state index in [2.05, 4.69) is 4.98 Å². The SMILES string of the molecule is Cc1nc(-c2ccc(F)cc2)sc1C(=O)OCC(=O)c1ccc2c(c1)CCO2. The molecule has 1 aliphatic rings. The fourth-order valence-electron chi connectivity index (χ4n) is 2.94. The van der Waals surface area contributed by atoms with Gasteiger partial charge in [-0.2, -0.15) is 0 Å². The average Bonchev–Trinajstić information content (AvgIpc) is 3.32. The Morgan fingerprint density at radius 3 is 2.79 bits per heavy atom. The Morgan fingerprint density at radius 1 is 1.21 bits per heavy atom. The number of ketones is 1. The van der Waals surface area contributed by atoms with Crippen LogP contribution in [0.2, 0.25) is 0 Å². The van der Waals surface area contributed by atoms with Crippen LogP contribution in [0.5, 0.6) is 5.75 Å². The summed E-state index contributed by atoms with van der Waals surface area (Å²) in [5, 5.41) is 0.592. The van der Waals surface area contributed by atoms with Gasteiger partial charge in [0.2, 0.25) is 0 Å². The Bertz CT molecular complexity index is 1060. The second-order valence-electron chi connectivity index (χ2n) is 6.36. The normalized spacial score (nSPS) is 12.4. The van der Waals surface area contributed by atoms with E-state index in [4.69, 9.17) is 9.47 Å². The topological polar surface area (TPSA) is 65.5 Å². The number of fused-ring (bicyclic) bond motifs is 1. The minimum absolute atomic E-state index is 0.274. The van der Waals surface area contributed by atoms with Crippen LogP contribution in [-0.4, -0.2) is 30.0 Å². The fourth-order valence-corrected chi connectivity index (χ4v) is 3.91. The number of rotatable bonds is 5. The molecule has 0 amide bonds. The summed E-state index contributed by atoms with van der Waals surface area (Å²) in [6.45, 7) is 1.97. The van der Waals surface area contributed by atoms with Crippen LogP contribution in [-0.2, 0) is 11.2 Å². The lowest BCUT2D eigenvalue weighted by atomic mass is 10.1. The molecule has 3 aromatic rings. The van der Waals surface area contributed by atoms with Gasteiger partial charge in [-0.05, 0) is 55.0 Å². The van der Waals surface area contributed by atoms with Gasteiger partial charge in [0.1, 0.15) is 21.5 Å². The lowest BCUT2D eigenvalue weighted by Crippen LogP contribution is -2.14. The number of thiazole rings is 1. The van der Waals surface area contributed by atoms with Crippen molar-refractivity contribution in [1.29, 1.82) is 0 Å². The van der Waals surface area contributed by atoms with Gasteiger partial charge < -0.3 is 9.47 Å². The van der Waals surface area contributed by atoms with Crippen molar-refractivity contribution < 1.29 is 23.5 Å². The fraction of sp³-hybridized carbons (Fsp3) is 0.190. The number of Topliss-reactive ketones (excluding diaryl/α,β-unsaturated/α-hetero) is 1. The molecule has 0 atom stereocenters. The van der Waals surface area contributed by atoms with Gasteiger partial charge in [-0.15, -0.1) is 11.3 Å². The molecule has 5 nitrogen and oxygen atoms in total. The molecule has 0 fully saturated rings. The van der Waals surface area contributed by atoms with Gasteiger partial charge in [0.15, 0.2) is 12.4 Å². The molecule has 0 saturated carbocycles. The predicted octanol–water partition coefficient (Wildman–Crippen LogP) is 4.23. The summed E-state index contributed by atoms with van der Waals surface area (Å²) in [5.41, 5.74) is 2.70. The van der Waals surface area contributed by atoms with E-state index in [1.54, 1.807) is 37.3 Å². The first kappa shape index (κ1) is 18.3. The van der Waals surface area contributed by atoms with E-state index in [9.17, 15) is 14.0 Å². The van der Waals surface area contributed by atoms with Gasteiger partial charge in [0.05, 0.1) is 12.3 Å². The monoisotopic (exact) mass is 397 g/mol. The summed E-state index contributed by atoms with van der Waals surface area (Å²) in [5.74, 6) is -0.416. The minimum Gasteiger partial charge on any atom is -0.493 e. The standard InChI is InChI=1S/C21H16FNO4S/c1-12-19(28-20(23-12)13-2-5-16(22)6-3-13)21(25)27-11-17(24)14-4-7-18-15(10-14)8-9-26-18/h2-7,10H,8-9,11H2,1H3. The molecule has 7 heteroatoms. The average molecular weight is 397 g/mol. The maximum absolute atomic E-state index is 13.1. The largest absolute Gasteiger partial charge is 0.493 e. The molecule has 1 aliphatic heterocycles. The van der Waals surface area contributed by atoms with Gasteiger partial charge in [-0.25, -0.2) is 14.2 Å². The molecule has 0 aliphatic carbocycles. The number of ether oxygens (including phenoxy) is 2. The molecule has 2 heterocycles. The van der Waals surface area contributed by atoms with Crippen LogP contribution < -0.4 is 4.74 Å². The van der Waals surface area contributed by atoms with Gasteiger partial charge >= 0.3 is 5.97 Å².